The Labute approximate surface area is 273 Å². The molecular weight excluding hydrogens is 572 g/mol. The van der Waals surface area contributed by atoms with Crippen LogP contribution in [0, 0.1) is 0 Å². The number of hydrogen-bond acceptors (Lipinski definition) is 6. The Balaban J connectivity index is 1.24. The first-order valence-corrected chi connectivity index (χ1v) is 16.5. The second-order valence-electron chi connectivity index (χ2n) is 16.1. The summed E-state index contributed by atoms with van der Waals surface area (Å²) in [5.41, 5.74) is 2.79. The topological polar surface area (TPSA) is 76.7 Å². The van der Waals surface area contributed by atoms with Crippen LogP contribution in [0.15, 0.2) is 72.8 Å². The molecule has 46 heavy (non-hydrogen) atoms. The molecule has 0 spiro atoms. The first-order valence-electron chi connectivity index (χ1n) is 16.5. The van der Waals surface area contributed by atoms with Gasteiger partial charge in [-0.05, 0) is 112 Å². The van der Waals surface area contributed by atoms with Crippen molar-refractivity contribution in [1.29, 1.82) is 0 Å². The second kappa shape index (κ2) is 11.5. The molecule has 0 radical (unpaired) electrons. The molecule has 6 rings (SSSR count). The first-order chi connectivity index (χ1) is 21.5. The summed E-state index contributed by atoms with van der Waals surface area (Å²) in [7, 11) is 0. The number of ether oxygens (including phenoxy) is 2. The summed E-state index contributed by atoms with van der Waals surface area (Å²) in [4.78, 5) is 26.8. The van der Waals surface area contributed by atoms with E-state index in [-0.39, 0.29) is 46.3 Å². The van der Waals surface area contributed by atoms with E-state index in [4.69, 9.17) is 9.47 Å². The lowest BCUT2D eigenvalue weighted by atomic mass is 9.81. The molecule has 2 heterocycles. The van der Waals surface area contributed by atoms with Gasteiger partial charge in [-0.2, -0.15) is 0 Å². The smallest absolute Gasteiger partial charge is 0.339 e. The Kier molecular flexibility index (Phi) is 8.05. The Morgan fingerprint density at radius 3 is 1.70 bits per heavy atom. The maximum absolute atomic E-state index is 13.6. The van der Waals surface area contributed by atoms with E-state index in [0.717, 1.165) is 58.4 Å². The summed E-state index contributed by atoms with van der Waals surface area (Å²) in [5, 5.41) is 11.2. The molecule has 2 saturated heterocycles. The zero-order valence-electron chi connectivity index (χ0n) is 28.5. The van der Waals surface area contributed by atoms with E-state index in [9.17, 15) is 9.59 Å². The Hall–Kier alpha value is -3.74. The van der Waals surface area contributed by atoms with E-state index >= 15 is 0 Å². The highest BCUT2D eigenvalue weighted by molar-refractivity contribution is 6.09. The minimum absolute atomic E-state index is 0.101. The number of esters is 2. The molecule has 242 valence electrons. The van der Waals surface area contributed by atoms with Gasteiger partial charge < -0.3 is 20.1 Å². The summed E-state index contributed by atoms with van der Waals surface area (Å²) in [6.45, 7) is 17.2. The Morgan fingerprint density at radius 2 is 1.09 bits per heavy atom. The predicted octanol–water partition coefficient (Wildman–Crippen LogP) is 8.59. The molecule has 2 aliphatic rings. The summed E-state index contributed by atoms with van der Waals surface area (Å²) in [5.74, 6) is -0.564. The summed E-state index contributed by atoms with van der Waals surface area (Å²) in [6, 6.07) is 24.0. The van der Waals surface area contributed by atoms with Gasteiger partial charge in [0.1, 0.15) is 12.2 Å². The van der Waals surface area contributed by atoms with Crippen LogP contribution in [0.1, 0.15) is 102 Å². The van der Waals surface area contributed by atoms with Crippen LogP contribution in [0.5, 0.6) is 0 Å². The zero-order chi connectivity index (χ0) is 33.1. The van der Waals surface area contributed by atoms with Crippen LogP contribution in [-0.4, -0.2) is 46.3 Å². The predicted molar refractivity (Wildman–Crippen MR) is 186 cm³/mol. The van der Waals surface area contributed by atoms with Gasteiger partial charge in [-0.3, -0.25) is 0 Å². The summed E-state index contributed by atoms with van der Waals surface area (Å²) >= 11 is 0. The fraction of sp³-hybridized carbons (Fsp3) is 0.450. The third-order valence-corrected chi connectivity index (χ3v) is 9.38. The number of benzene rings is 4. The van der Waals surface area contributed by atoms with Crippen LogP contribution in [-0.2, 0) is 9.47 Å². The number of nitrogens with one attached hydrogen (secondary N) is 2. The normalized spacial score (nSPS) is 20.8. The summed E-state index contributed by atoms with van der Waals surface area (Å²) < 4.78 is 12.2. The van der Waals surface area contributed by atoms with Crippen molar-refractivity contribution >= 4 is 33.5 Å². The van der Waals surface area contributed by atoms with E-state index < -0.39 is 0 Å². The standard InChI is InChI=1S/C40H48N2O4/c1-37(2)21-29(22-38(3,4)41-37)45-35(43)28-18-16-25-19-27(17-15-26(25)20-28)31-11-9-13-33-32(31)12-10-14-34(33)36(44)46-30-23-39(5,6)42-40(7,8)24-30/h9-20,29-30,41-42H,21-24H2,1-8H3. The molecule has 2 aliphatic heterocycles. The van der Waals surface area contributed by atoms with Crippen molar-refractivity contribution in [2.45, 2.75) is 115 Å². The van der Waals surface area contributed by atoms with Crippen LogP contribution in [0.25, 0.3) is 32.7 Å². The van der Waals surface area contributed by atoms with Crippen molar-refractivity contribution in [3.8, 4) is 11.1 Å². The van der Waals surface area contributed by atoms with Gasteiger partial charge in [0.05, 0.1) is 11.1 Å². The van der Waals surface area contributed by atoms with E-state index in [2.05, 4.69) is 96.4 Å². The monoisotopic (exact) mass is 620 g/mol. The molecule has 0 unspecified atom stereocenters. The van der Waals surface area contributed by atoms with Crippen molar-refractivity contribution < 1.29 is 19.1 Å². The molecule has 0 atom stereocenters. The van der Waals surface area contributed by atoms with Crippen molar-refractivity contribution in [3.63, 3.8) is 0 Å². The van der Waals surface area contributed by atoms with E-state index in [1.54, 1.807) is 0 Å². The van der Waals surface area contributed by atoms with Crippen molar-refractivity contribution in [2.75, 3.05) is 0 Å². The Morgan fingerprint density at radius 1 is 0.587 bits per heavy atom. The van der Waals surface area contributed by atoms with Crippen LogP contribution in [0.3, 0.4) is 0 Å². The van der Waals surface area contributed by atoms with E-state index in [0.29, 0.717) is 11.1 Å². The third kappa shape index (κ3) is 6.98. The molecular formula is C40H48N2O4. The van der Waals surface area contributed by atoms with Gasteiger partial charge in [-0.15, -0.1) is 0 Å². The molecule has 2 fully saturated rings. The van der Waals surface area contributed by atoms with Crippen molar-refractivity contribution in [2.24, 2.45) is 0 Å². The molecule has 0 amide bonds. The lowest BCUT2D eigenvalue weighted by Crippen LogP contribution is -2.59. The van der Waals surface area contributed by atoms with Gasteiger partial charge in [0.25, 0.3) is 0 Å². The minimum Gasteiger partial charge on any atom is -0.459 e. The molecule has 4 aromatic carbocycles. The molecule has 4 aromatic rings. The average Bonchev–Trinajstić information content (AvgIpc) is 2.92. The SMILES string of the molecule is CC1(C)CC(OC(=O)c2ccc3cc(-c4cccc5c(C(=O)OC6CC(C)(C)NC(C)(C)C6)cccc45)ccc3c2)CC(C)(C)N1. The quantitative estimate of drug-likeness (QED) is 0.218. The molecule has 0 aliphatic carbocycles. The first kappa shape index (κ1) is 32.2. The average molecular weight is 621 g/mol. The lowest BCUT2D eigenvalue weighted by Gasteiger charge is -2.45. The molecule has 0 bridgehead atoms. The van der Waals surface area contributed by atoms with Gasteiger partial charge in [0.15, 0.2) is 0 Å². The zero-order valence-corrected chi connectivity index (χ0v) is 28.5. The van der Waals surface area contributed by atoms with Gasteiger partial charge >= 0.3 is 11.9 Å². The van der Waals surface area contributed by atoms with E-state index in [1.165, 1.54) is 0 Å². The van der Waals surface area contributed by atoms with E-state index in [1.807, 2.05) is 42.5 Å². The number of piperidine rings is 2. The molecule has 6 nitrogen and oxygen atoms in total. The van der Waals surface area contributed by atoms with Crippen molar-refractivity contribution in [3.05, 3.63) is 83.9 Å². The fourth-order valence-corrected chi connectivity index (χ4v) is 8.34. The maximum Gasteiger partial charge on any atom is 0.339 e. The second-order valence-corrected chi connectivity index (χ2v) is 16.1. The lowest BCUT2D eigenvalue weighted by molar-refractivity contribution is -0.00756. The third-order valence-electron chi connectivity index (χ3n) is 9.38. The largest absolute Gasteiger partial charge is 0.459 e. The molecule has 0 aromatic heterocycles. The van der Waals surface area contributed by atoms with Gasteiger partial charge in [-0.1, -0.05) is 48.5 Å². The number of hydrogen-bond donors (Lipinski definition) is 2. The highest BCUT2D eigenvalue weighted by atomic mass is 16.5. The van der Waals surface area contributed by atoms with Crippen LogP contribution >= 0.6 is 0 Å². The Bertz CT molecular complexity index is 1790. The molecule has 0 saturated carbocycles. The van der Waals surface area contributed by atoms with Gasteiger partial charge in [0, 0.05) is 47.8 Å². The van der Waals surface area contributed by atoms with Crippen LogP contribution in [0.2, 0.25) is 0 Å². The van der Waals surface area contributed by atoms with Crippen LogP contribution < -0.4 is 10.6 Å². The summed E-state index contributed by atoms with van der Waals surface area (Å²) in [6.07, 6.45) is 2.80. The molecule has 6 heteroatoms. The number of carbonyl (C=O) groups is 2. The number of fused-ring (bicyclic) bond motifs is 2. The number of rotatable bonds is 5. The van der Waals surface area contributed by atoms with Gasteiger partial charge in [-0.25, -0.2) is 9.59 Å². The molecule has 2 N–H and O–H groups in total. The van der Waals surface area contributed by atoms with Crippen LogP contribution in [0.4, 0.5) is 0 Å². The maximum atomic E-state index is 13.6. The van der Waals surface area contributed by atoms with Crippen molar-refractivity contribution in [1.82, 2.24) is 10.6 Å². The van der Waals surface area contributed by atoms with Gasteiger partial charge in [0.2, 0.25) is 0 Å². The minimum atomic E-state index is -0.283. The highest BCUT2D eigenvalue weighted by Crippen LogP contribution is 2.35. The fourth-order valence-electron chi connectivity index (χ4n) is 8.34. The number of carbonyl (C=O) groups excluding carboxylic acids is 2. The highest BCUT2D eigenvalue weighted by Gasteiger charge is 2.40.